The second kappa shape index (κ2) is 7.24. The molecule has 7 nitrogen and oxygen atoms in total. The maximum atomic E-state index is 12.7. The Morgan fingerprint density at radius 1 is 1.07 bits per heavy atom. The van der Waals surface area contributed by atoms with E-state index >= 15 is 0 Å². The molecule has 1 fully saturated rings. The van der Waals surface area contributed by atoms with Crippen LogP contribution in [0.4, 0.5) is 11.4 Å². The molecule has 1 aliphatic carbocycles. The minimum absolute atomic E-state index is 0.0317. The van der Waals surface area contributed by atoms with Gasteiger partial charge in [0.2, 0.25) is 5.91 Å². The Bertz CT molecular complexity index is 998. The summed E-state index contributed by atoms with van der Waals surface area (Å²) in [5, 5.41) is 6.34. The standard InChI is InChI=1S/C19H17N5O2S/c1-11-15(27-19(22-11)16-20-8-3-9-21-16)18(26)24-14-5-2-4-13(10-14)23-17(25)12-6-7-12/h2-5,8-10,12H,6-7H2,1H3,(H,23,25)(H,24,26). The Morgan fingerprint density at radius 2 is 1.78 bits per heavy atom. The third kappa shape index (κ3) is 4.01. The van der Waals surface area contributed by atoms with Crippen molar-refractivity contribution in [3.63, 3.8) is 0 Å². The third-order valence-electron chi connectivity index (χ3n) is 4.10. The van der Waals surface area contributed by atoms with E-state index in [0.717, 1.165) is 12.8 Å². The molecular weight excluding hydrogens is 362 g/mol. The molecule has 1 saturated carbocycles. The number of thiazole rings is 1. The first-order chi connectivity index (χ1) is 13.1. The smallest absolute Gasteiger partial charge is 0.267 e. The first-order valence-corrected chi connectivity index (χ1v) is 9.39. The lowest BCUT2D eigenvalue weighted by molar-refractivity contribution is -0.117. The highest BCUT2D eigenvalue weighted by molar-refractivity contribution is 7.17. The summed E-state index contributed by atoms with van der Waals surface area (Å²) in [6, 6.07) is 8.85. The number of nitrogens with one attached hydrogen (secondary N) is 2. The number of aryl methyl sites for hydroxylation is 1. The SMILES string of the molecule is Cc1nc(-c2ncccn2)sc1C(=O)Nc1cccc(NC(=O)C2CC2)c1. The topological polar surface area (TPSA) is 96.9 Å². The first kappa shape index (κ1) is 17.3. The number of amides is 2. The fourth-order valence-corrected chi connectivity index (χ4v) is 3.47. The summed E-state index contributed by atoms with van der Waals surface area (Å²) in [6.45, 7) is 1.78. The number of hydrogen-bond acceptors (Lipinski definition) is 6. The van der Waals surface area contributed by atoms with Crippen LogP contribution in [-0.4, -0.2) is 26.8 Å². The number of rotatable bonds is 5. The highest BCUT2D eigenvalue weighted by Gasteiger charge is 2.29. The molecule has 2 heterocycles. The zero-order valence-electron chi connectivity index (χ0n) is 14.6. The number of carbonyl (C=O) groups is 2. The van der Waals surface area contributed by atoms with E-state index in [1.165, 1.54) is 11.3 Å². The van der Waals surface area contributed by atoms with Gasteiger partial charge in [-0.05, 0) is 44.0 Å². The van der Waals surface area contributed by atoms with Crippen molar-refractivity contribution in [1.29, 1.82) is 0 Å². The van der Waals surface area contributed by atoms with Crippen molar-refractivity contribution in [3.05, 3.63) is 53.3 Å². The van der Waals surface area contributed by atoms with Crippen LogP contribution in [-0.2, 0) is 4.79 Å². The van der Waals surface area contributed by atoms with Gasteiger partial charge in [-0.15, -0.1) is 11.3 Å². The minimum atomic E-state index is -0.252. The van der Waals surface area contributed by atoms with Crippen molar-refractivity contribution >= 4 is 34.5 Å². The van der Waals surface area contributed by atoms with Crippen LogP contribution in [0, 0.1) is 12.8 Å². The van der Waals surface area contributed by atoms with Gasteiger partial charge in [0.05, 0.1) is 5.69 Å². The van der Waals surface area contributed by atoms with Crippen molar-refractivity contribution in [2.24, 2.45) is 5.92 Å². The lowest BCUT2D eigenvalue weighted by atomic mass is 10.2. The average Bonchev–Trinajstić information content (AvgIpc) is 3.45. The summed E-state index contributed by atoms with van der Waals surface area (Å²) in [7, 11) is 0. The van der Waals surface area contributed by atoms with Gasteiger partial charge in [-0.25, -0.2) is 15.0 Å². The summed E-state index contributed by atoms with van der Waals surface area (Å²) < 4.78 is 0. The number of nitrogens with zero attached hydrogens (tertiary/aromatic N) is 3. The summed E-state index contributed by atoms with van der Waals surface area (Å²) in [5.41, 5.74) is 1.90. The van der Waals surface area contributed by atoms with Gasteiger partial charge < -0.3 is 10.6 Å². The molecule has 3 aromatic rings. The Labute approximate surface area is 159 Å². The van der Waals surface area contributed by atoms with Crippen molar-refractivity contribution in [1.82, 2.24) is 15.0 Å². The van der Waals surface area contributed by atoms with E-state index in [1.54, 1.807) is 49.6 Å². The molecule has 0 aliphatic heterocycles. The molecule has 8 heteroatoms. The monoisotopic (exact) mass is 379 g/mol. The number of anilines is 2. The quantitative estimate of drug-likeness (QED) is 0.707. The predicted molar refractivity (Wildman–Crippen MR) is 104 cm³/mol. The molecule has 1 aromatic carbocycles. The highest BCUT2D eigenvalue weighted by atomic mass is 32.1. The van der Waals surface area contributed by atoms with Crippen LogP contribution in [0.5, 0.6) is 0 Å². The largest absolute Gasteiger partial charge is 0.326 e. The molecule has 2 amide bonds. The van der Waals surface area contributed by atoms with E-state index in [1.807, 2.05) is 0 Å². The third-order valence-corrected chi connectivity index (χ3v) is 5.25. The molecule has 0 saturated heterocycles. The fourth-order valence-electron chi connectivity index (χ4n) is 2.56. The predicted octanol–water partition coefficient (Wildman–Crippen LogP) is 3.51. The molecule has 4 rings (SSSR count). The van der Waals surface area contributed by atoms with Gasteiger partial charge in [-0.3, -0.25) is 9.59 Å². The van der Waals surface area contributed by atoms with E-state index in [9.17, 15) is 9.59 Å². The van der Waals surface area contributed by atoms with Gasteiger partial charge in [0.15, 0.2) is 10.8 Å². The van der Waals surface area contributed by atoms with Crippen molar-refractivity contribution in [3.8, 4) is 10.8 Å². The molecule has 2 N–H and O–H groups in total. The Morgan fingerprint density at radius 3 is 2.48 bits per heavy atom. The highest BCUT2D eigenvalue weighted by Crippen LogP contribution is 2.30. The Kier molecular flexibility index (Phi) is 4.64. The zero-order chi connectivity index (χ0) is 18.8. The molecule has 0 bridgehead atoms. The molecule has 2 aromatic heterocycles. The van der Waals surface area contributed by atoms with Crippen LogP contribution in [0.3, 0.4) is 0 Å². The Hall–Kier alpha value is -3.13. The second-order valence-corrected chi connectivity index (χ2v) is 7.30. The van der Waals surface area contributed by atoms with E-state index in [0.29, 0.717) is 32.8 Å². The van der Waals surface area contributed by atoms with Gasteiger partial charge in [0.25, 0.3) is 5.91 Å². The van der Waals surface area contributed by atoms with Crippen LogP contribution >= 0.6 is 11.3 Å². The summed E-state index contributed by atoms with van der Waals surface area (Å²) in [5.74, 6) is 0.401. The van der Waals surface area contributed by atoms with Crippen LogP contribution in [0.1, 0.15) is 28.2 Å². The fraction of sp³-hybridized carbons (Fsp3) is 0.211. The van der Waals surface area contributed by atoms with Crippen LogP contribution in [0.2, 0.25) is 0 Å². The van der Waals surface area contributed by atoms with Gasteiger partial charge >= 0.3 is 0 Å². The van der Waals surface area contributed by atoms with Gasteiger partial charge in [-0.1, -0.05) is 6.07 Å². The maximum Gasteiger partial charge on any atom is 0.267 e. The molecule has 27 heavy (non-hydrogen) atoms. The summed E-state index contributed by atoms with van der Waals surface area (Å²) >= 11 is 1.25. The number of carbonyl (C=O) groups excluding carboxylic acids is 2. The van der Waals surface area contributed by atoms with Crippen molar-refractivity contribution in [2.45, 2.75) is 19.8 Å². The average molecular weight is 379 g/mol. The van der Waals surface area contributed by atoms with Crippen molar-refractivity contribution in [2.75, 3.05) is 10.6 Å². The van der Waals surface area contributed by atoms with Gasteiger partial charge in [0, 0.05) is 29.7 Å². The lowest BCUT2D eigenvalue weighted by Crippen LogP contribution is -2.14. The minimum Gasteiger partial charge on any atom is -0.326 e. The second-order valence-electron chi connectivity index (χ2n) is 6.30. The van der Waals surface area contributed by atoms with E-state index in [4.69, 9.17) is 0 Å². The molecule has 0 atom stereocenters. The van der Waals surface area contributed by atoms with Crippen LogP contribution in [0.25, 0.3) is 10.8 Å². The number of benzene rings is 1. The molecule has 0 radical (unpaired) electrons. The van der Waals surface area contributed by atoms with Gasteiger partial charge in [-0.2, -0.15) is 0 Å². The lowest BCUT2D eigenvalue weighted by Gasteiger charge is -2.08. The van der Waals surface area contributed by atoms with Gasteiger partial charge in [0.1, 0.15) is 4.88 Å². The number of hydrogen-bond donors (Lipinski definition) is 2. The first-order valence-electron chi connectivity index (χ1n) is 8.57. The molecule has 136 valence electrons. The van der Waals surface area contributed by atoms with Crippen LogP contribution < -0.4 is 10.6 Å². The maximum absolute atomic E-state index is 12.7. The van der Waals surface area contributed by atoms with Crippen LogP contribution in [0.15, 0.2) is 42.7 Å². The van der Waals surface area contributed by atoms with E-state index in [2.05, 4.69) is 25.6 Å². The molecule has 0 spiro atoms. The normalized spacial score (nSPS) is 13.2. The summed E-state index contributed by atoms with van der Waals surface area (Å²) in [6.07, 6.45) is 5.17. The molecule has 1 aliphatic rings. The molecule has 0 unspecified atom stereocenters. The molecular formula is C19H17N5O2S. The van der Waals surface area contributed by atoms with E-state index < -0.39 is 0 Å². The van der Waals surface area contributed by atoms with E-state index in [-0.39, 0.29) is 17.7 Å². The van der Waals surface area contributed by atoms with Crippen molar-refractivity contribution < 1.29 is 9.59 Å². The number of aromatic nitrogens is 3. The zero-order valence-corrected chi connectivity index (χ0v) is 15.4. The Balaban J connectivity index is 1.49. The summed E-state index contributed by atoms with van der Waals surface area (Å²) in [4.78, 5) is 37.8.